The summed E-state index contributed by atoms with van der Waals surface area (Å²) in [5, 5.41) is 2.22. The summed E-state index contributed by atoms with van der Waals surface area (Å²) < 4.78 is 13.2. The Balaban J connectivity index is 1.52. The lowest BCUT2D eigenvalue weighted by atomic mass is 10.0. The van der Waals surface area contributed by atoms with Gasteiger partial charge in [0.1, 0.15) is 12.4 Å². The number of nitrogens with zero attached hydrogens (tertiary/aromatic N) is 2. The normalized spacial score (nSPS) is 19.5. The van der Waals surface area contributed by atoms with Crippen LogP contribution >= 0.6 is 0 Å². The van der Waals surface area contributed by atoms with Crippen molar-refractivity contribution < 1.29 is 18.8 Å². The molecule has 2 heterocycles. The van der Waals surface area contributed by atoms with E-state index < -0.39 is 6.03 Å². The molecule has 0 spiro atoms. The van der Waals surface area contributed by atoms with E-state index in [9.17, 15) is 18.8 Å². The highest BCUT2D eigenvalue weighted by molar-refractivity contribution is 6.12. The second-order valence-electron chi connectivity index (χ2n) is 6.69. The standard InChI is InChI=1S/C20H18FN3O3/c21-15-7-3-13(4-8-15)17-2-1-11-23(17)19(26)14-5-9-16(10-6-14)24-12-18(25)22-20(24)27/h3-10,17H,1-2,11-12H2,(H,22,25,27). The zero-order valence-electron chi connectivity index (χ0n) is 14.5. The molecule has 1 N–H and O–H groups in total. The summed E-state index contributed by atoms with van der Waals surface area (Å²) in [5.41, 5.74) is 2.00. The van der Waals surface area contributed by atoms with Crippen molar-refractivity contribution in [2.75, 3.05) is 18.0 Å². The van der Waals surface area contributed by atoms with Gasteiger partial charge >= 0.3 is 6.03 Å². The van der Waals surface area contributed by atoms with E-state index in [1.807, 2.05) is 0 Å². The van der Waals surface area contributed by atoms with Gasteiger partial charge in [-0.2, -0.15) is 0 Å². The fourth-order valence-corrected chi connectivity index (χ4v) is 3.64. The highest BCUT2D eigenvalue weighted by Crippen LogP contribution is 2.33. The number of carbonyl (C=O) groups excluding carboxylic acids is 3. The Kier molecular flexibility index (Phi) is 4.35. The van der Waals surface area contributed by atoms with Crippen LogP contribution in [0.5, 0.6) is 0 Å². The fourth-order valence-electron chi connectivity index (χ4n) is 3.64. The van der Waals surface area contributed by atoms with Crippen LogP contribution in [-0.2, 0) is 4.79 Å². The summed E-state index contributed by atoms with van der Waals surface area (Å²) in [6, 6.07) is 12.4. The van der Waals surface area contributed by atoms with Crippen molar-refractivity contribution in [3.05, 3.63) is 65.5 Å². The minimum Gasteiger partial charge on any atom is -0.332 e. The average molecular weight is 367 g/mol. The summed E-state index contributed by atoms with van der Waals surface area (Å²) >= 11 is 0. The van der Waals surface area contributed by atoms with Crippen LogP contribution in [0.2, 0.25) is 0 Å². The molecule has 2 aromatic rings. The molecule has 0 aliphatic carbocycles. The van der Waals surface area contributed by atoms with Gasteiger partial charge in [-0.15, -0.1) is 0 Å². The van der Waals surface area contributed by atoms with Crippen molar-refractivity contribution in [3.63, 3.8) is 0 Å². The number of amides is 4. The number of carbonyl (C=O) groups is 3. The first kappa shape index (κ1) is 17.2. The molecule has 0 saturated carbocycles. The molecule has 27 heavy (non-hydrogen) atoms. The number of hydrogen-bond acceptors (Lipinski definition) is 3. The van der Waals surface area contributed by atoms with Crippen LogP contribution in [0.15, 0.2) is 48.5 Å². The lowest BCUT2D eigenvalue weighted by Crippen LogP contribution is -2.31. The number of nitrogens with one attached hydrogen (secondary N) is 1. The van der Waals surface area contributed by atoms with Crippen LogP contribution in [0, 0.1) is 5.82 Å². The quantitative estimate of drug-likeness (QED) is 0.848. The Labute approximate surface area is 155 Å². The van der Waals surface area contributed by atoms with Crippen LogP contribution < -0.4 is 10.2 Å². The maximum Gasteiger partial charge on any atom is 0.329 e. The molecule has 0 aromatic heterocycles. The second-order valence-corrected chi connectivity index (χ2v) is 6.69. The third-order valence-electron chi connectivity index (χ3n) is 4.99. The number of urea groups is 1. The molecule has 0 bridgehead atoms. The monoisotopic (exact) mass is 367 g/mol. The van der Waals surface area contributed by atoms with Gasteiger partial charge in [0.2, 0.25) is 5.91 Å². The van der Waals surface area contributed by atoms with Crippen LogP contribution in [0.4, 0.5) is 14.9 Å². The predicted molar refractivity (Wildman–Crippen MR) is 96.7 cm³/mol. The number of halogens is 1. The molecule has 2 aromatic carbocycles. The summed E-state index contributed by atoms with van der Waals surface area (Å²) in [5.74, 6) is -0.746. The Bertz CT molecular complexity index is 896. The van der Waals surface area contributed by atoms with E-state index in [-0.39, 0.29) is 30.2 Å². The van der Waals surface area contributed by atoms with E-state index in [4.69, 9.17) is 0 Å². The van der Waals surface area contributed by atoms with Crippen molar-refractivity contribution in [1.29, 1.82) is 0 Å². The second kappa shape index (κ2) is 6.83. The SMILES string of the molecule is O=C1CN(c2ccc(C(=O)N3CCCC3c3ccc(F)cc3)cc2)C(=O)N1. The van der Waals surface area contributed by atoms with E-state index in [2.05, 4.69) is 5.32 Å². The van der Waals surface area contributed by atoms with Crippen LogP contribution in [-0.4, -0.2) is 35.8 Å². The Morgan fingerprint density at radius 3 is 2.37 bits per heavy atom. The van der Waals surface area contributed by atoms with Crippen molar-refractivity contribution in [2.24, 2.45) is 0 Å². The van der Waals surface area contributed by atoms with Gasteiger partial charge in [0.05, 0.1) is 6.04 Å². The molecule has 138 valence electrons. The molecule has 2 aliphatic rings. The summed E-state index contributed by atoms with van der Waals surface area (Å²) in [6.07, 6.45) is 1.73. The van der Waals surface area contributed by atoms with E-state index in [0.29, 0.717) is 17.8 Å². The average Bonchev–Trinajstić information content (AvgIpc) is 3.28. The minimum absolute atomic E-state index is 0.0229. The van der Waals surface area contributed by atoms with E-state index in [1.54, 1.807) is 41.3 Å². The number of imide groups is 1. The van der Waals surface area contributed by atoms with Crippen LogP contribution in [0.3, 0.4) is 0 Å². The molecular weight excluding hydrogens is 349 g/mol. The Hall–Kier alpha value is -3.22. The van der Waals surface area contributed by atoms with Crippen molar-refractivity contribution in [3.8, 4) is 0 Å². The maximum absolute atomic E-state index is 13.2. The lowest BCUT2D eigenvalue weighted by Gasteiger charge is -2.25. The fraction of sp³-hybridized carbons (Fsp3) is 0.250. The van der Waals surface area contributed by atoms with E-state index in [0.717, 1.165) is 18.4 Å². The number of rotatable bonds is 3. The predicted octanol–water partition coefficient (Wildman–Crippen LogP) is 2.86. The van der Waals surface area contributed by atoms with Crippen LogP contribution in [0.25, 0.3) is 0 Å². The summed E-state index contributed by atoms with van der Waals surface area (Å²) in [6.45, 7) is 0.622. The van der Waals surface area contributed by atoms with Gasteiger partial charge in [0.15, 0.2) is 0 Å². The van der Waals surface area contributed by atoms with Crippen molar-refractivity contribution >= 4 is 23.5 Å². The molecule has 0 radical (unpaired) electrons. The molecule has 6 nitrogen and oxygen atoms in total. The summed E-state index contributed by atoms with van der Waals surface area (Å²) in [7, 11) is 0. The van der Waals surface area contributed by atoms with Gasteiger partial charge in [0.25, 0.3) is 5.91 Å². The molecule has 1 unspecified atom stereocenters. The zero-order valence-corrected chi connectivity index (χ0v) is 14.5. The molecule has 4 amide bonds. The van der Waals surface area contributed by atoms with Crippen molar-refractivity contribution in [2.45, 2.75) is 18.9 Å². The first-order chi connectivity index (χ1) is 13.0. The lowest BCUT2D eigenvalue weighted by molar-refractivity contribution is -0.117. The smallest absolute Gasteiger partial charge is 0.329 e. The molecule has 7 heteroatoms. The van der Waals surface area contributed by atoms with Gasteiger partial charge in [-0.25, -0.2) is 9.18 Å². The zero-order chi connectivity index (χ0) is 19.0. The Morgan fingerprint density at radius 1 is 1.04 bits per heavy atom. The van der Waals surface area contributed by atoms with E-state index in [1.165, 1.54) is 17.0 Å². The largest absolute Gasteiger partial charge is 0.332 e. The first-order valence-electron chi connectivity index (χ1n) is 8.81. The number of anilines is 1. The van der Waals surface area contributed by atoms with Crippen LogP contribution in [0.1, 0.15) is 34.8 Å². The van der Waals surface area contributed by atoms with Gasteiger partial charge in [-0.1, -0.05) is 12.1 Å². The molecule has 2 aliphatic heterocycles. The minimum atomic E-state index is -0.463. The van der Waals surface area contributed by atoms with Gasteiger partial charge in [0, 0.05) is 17.8 Å². The van der Waals surface area contributed by atoms with Gasteiger partial charge < -0.3 is 4.90 Å². The Morgan fingerprint density at radius 2 is 1.74 bits per heavy atom. The van der Waals surface area contributed by atoms with Gasteiger partial charge in [-0.3, -0.25) is 19.8 Å². The molecule has 2 fully saturated rings. The molecule has 1 atom stereocenters. The first-order valence-corrected chi connectivity index (χ1v) is 8.81. The highest BCUT2D eigenvalue weighted by atomic mass is 19.1. The molecule has 2 saturated heterocycles. The summed E-state index contributed by atoms with van der Waals surface area (Å²) in [4.78, 5) is 39.1. The maximum atomic E-state index is 13.2. The molecule has 4 rings (SSSR count). The number of likely N-dealkylation sites (tertiary alicyclic amines) is 1. The van der Waals surface area contributed by atoms with Crippen molar-refractivity contribution in [1.82, 2.24) is 10.2 Å². The third-order valence-corrected chi connectivity index (χ3v) is 4.99. The highest BCUT2D eigenvalue weighted by Gasteiger charge is 2.31. The number of benzene rings is 2. The van der Waals surface area contributed by atoms with Gasteiger partial charge in [-0.05, 0) is 54.8 Å². The van der Waals surface area contributed by atoms with E-state index >= 15 is 0 Å². The number of hydrogen-bond donors (Lipinski definition) is 1. The topological polar surface area (TPSA) is 69.7 Å². The third kappa shape index (κ3) is 3.28. The molecular formula is C20H18FN3O3.